The molecule has 0 radical (unpaired) electrons. The fraction of sp³-hybridized carbons (Fsp3) is 0.600. The van der Waals surface area contributed by atoms with Crippen LogP contribution in [-0.4, -0.2) is 35.2 Å². The van der Waals surface area contributed by atoms with Gasteiger partial charge >= 0.3 is 5.97 Å². The molecule has 1 heterocycles. The lowest BCUT2D eigenvalue weighted by Crippen LogP contribution is -2.52. The zero-order valence-electron chi connectivity index (χ0n) is 9.93. The third-order valence-electron chi connectivity index (χ3n) is 3.27. The smallest absolute Gasteiger partial charge is 0.324 e. The molecule has 1 aliphatic rings. The molecule has 0 atom stereocenters. The van der Waals surface area contributed by atoms with Gasteiger partial charge in [0.15, 0.2) is 0 Å². The summed E-state index contributed by atoms with van der Waals surface area (Å²) in [6.45, 7) is 1.57. The second-order valence-corrected chi connectivity index (χ2v) is 6.21. The summed E-state index contributed by atoms with van der Waals surface area (Å²) in [6, 6.07) is 0. The van der Waals surface area contributed by atoms with E-state index in [2.05, 4.69) is 14.9 Å². The number of hydrogen-bond donors (Lipinski definition) is 3. The predicted octanol–water partition coefficient (Wildman–Crippen LogP) is 0.394. The molecule has 3 N–H and O–H groups in total. The molecule has 0 unspecified atom stereocenters. The van der Waals surface area contributed by atoms with Gasteiger partial charge in [-0.05, 0) is 19.8 Å². The van der Waals surface area contributed by atoms with Crippen molar-refractivity contribution in [2.24, 2.45) is 0 Å². The largest absolute Gasteiger partial charge is 0.480 e. The number of carbonyl (C=O) groups is 1. The van der Waals surface area contributed by atoms with Gasteiger partial charge in [-0.15, -0.1) is 0 Å². The highest BCUT2D eigenvalue weighted by Crippen LogP contribution is 2.31. The molecule has 7 nitrogen and oxygen atoms in total. The SMILES string of the molecule is Cc1[nH]ncc1S(=O)(=O)NC1(C(=O)O)CCCC1. The Kier molecular flexibility index (Phi) is 3.16. The molecule has 100 valence electrons. The molecule has 0 aliphatic heterocycles. The van der Waals surface area contributed by atoms with Crippen LogP contribution in [0.4, 0.5) is 0 Å². The first-order valence-electron chi connectivity index (χ1n) is 5.65. The van der Waals surface area contributed by atoms with E-state index in [4.69, 9.17) is 0 Å². The third kappa shape index (κ3) is 2.13. The Labute approximate surface area is 105 Å². The molecule has 2 rings (SSSR count). The van der Waals surface area contributed by atoms with Crippen molar-refractivity contribution in [2.45, 2.75) is 43.0 Å². The van der Waals surface area contributed by atoms with Crippen LogP contribution in [0, 0.1) is 6.92 Å². The van der Waals surface area contributed by atoms with Gasteiger partial charge in [-0.3, -0.25) is 9.89 Å². The second kappa shape index (κ2) is 4.36. The fourth-order valence-electron chi connectivity index (χ4n) is 2.26. The number of carboxylic acid groups (broad SMARTS) is 1. The van der Waals surface area contributed by atoms with Crippen molar-refractivity contribution < 1.29 is 18.3 Å². The number of nitrogens with zero attached hydrogens (tertiary/aromatic N) is 1. The predicted molar refractivity (Wildman–Crippen MR) is 62.5 cm³/mol. The van der Waals surface area contributed by atoms with Crippen LogP contribution >= 0.6 is 0 Å². The van der Waals surface area contributed by atoms with Crippen molar-refractivity contribution in [3.63, 3.8) is 0 Å². The molecule has 0 amide bonds. The molecule has 8 heteroatoms. The minimum Gasteiger partial charge on any atom is -0.480 e. The lowest BCUT2D eigenvalue weighted by Gasteiger charge is -2.24. The van der Waals surface area contributed by atoms with Gasteiger partial charge in [0.25, 0.3) is 0 Å². The van der Waals surface area contributed by atoms with Gasteiger partial charge in [0.05, 0.1) is 11.9 Å². The van der Waals surface area contributed by atoms with E-state index in [1.165, 1.54) is 6.20 Å². The molecule has 1 saturated carbocycles. The van der Waals surface area contributed by atoms with Crippen molar-refractivity contribution in [3.05, 3.63) is 11.9 Å². The van der Waals surface area contributed by atoms with Gasteiger partial charge in [0.1, 0.15) is 10.4 Å². The highest BCUT2D eigenvalue weighted by Gasteiger charge is 2.45. The summed E-state index contributed by atoms with van der Waals surface area (Å²) < 4.78 is 26.6. The Morgan fingerprint density at radius 3 is 2.56 bits per heavy atom. The minimum atomic E-state index is -3.86. The Hall–Kier alpha value is -1.41. The number of nitrogens with one attached hydrogen (secondary N) is 2. The van der Waals surface area contributed by atoms with Gasteiger partial charge in [-0.2, -0.15) is 9.82 Å². The van der Waals surface area contributed by atoms with E-state index in [0.29, 0.717) is 31.4 Å². The van der Waals surface area contributed by atoms with Crippen LogP contribution in [0.1, 0.15) is 31.4 Å². The zero-order valence-corrected chi connectivity index (χ0v) is 10.7. The molecule has 0 spiro atoms. The lowest BCUT2D eigenvalue weighted by molar-refractivity contribution is -0.143. The van der Waals surface area contributed by atoms with Gasteiger partial charge in [0, 0.05) is 0 Å². The van der Waals surface area contributed by atoms with Gasteiger partial charge < -0.3 is 5.11 Å². The number of carboxylic acids is 1. The first kappa shape index (κ1) is 13.0. The van der Waals surface area contributed by atoms with E-state index in [0.717, 1.165) is 0 Å². The number of rotatable bonds is 4. The molecular weight excluding hydrogens is 258 g/mol. The zero-order chi connectivity index (χ0) is 13.4. The van der Waals surface area contributed by atoms with Crippen molar-refractivity contribution in [2.75, 3.05) is 0 Å². The second-order valence-electron chi connectivity index (χ2n) is 4.56. The number of hydrogen-bond acceptors (Lipinski definition) is 4. The van der Waals surface area contributed by atoms with Gasteiger partial charge in [-0.1, -0.05) is 12.8 Å². The van der Waals surface area contributed by atoms with E-state index in [9.17, 15) is 18.3 Å². The Balaban J connectivity index is 2.33. The van der Waals surface area contributed by atoms with E-state index in [-0.39, 0.29) is 4.90 Å². The Morgan fingerprint density at radius 1 is 1.50 bits per heavy atom. The molecule has 18 heavy (non-hydrogen) atoms. The average Bonchev–Trinajstić information content (AvgIpc) is 2.87. The van der Waals surface area contributed by atoms with Crippen LogP contribution in [0.15, 0.2) is 11.1 Å². The summed E-state index contributed by atoms with van der Waals surface area (Å²) in [5.41, 5.74) is -0.983. The van der Waals surface area contributed by atoms with Crippen LogP contribution < -0.4 is 4.72 Å². The summed E-state index contributed by atoms with van der Waals surface area (Å²) in [7, 11) is -3.86. The molecule has 1 aromatic rings. The lowest BCUT2D eigenvalue weighted by atomic mass is 10.0. The molecule has 0 aromatic carbocycles. The molecule has 1 fully saturated rings. The maximum absolute atomic E-state index is 12.1. The van der Waals surface area contributed by atoms with Crippen molar-refractivity contribution >= 4 is 16.0 Å². The van der Waals surface area contributed by atoms with Crippen LogP contribution in [-0.2, 0) is 14.8 Å². The molecule has 1 aromatic heterocycles. The number of aromatic nitrogens is 2. The maximum Gasteiger partial charge on any atom is 0.324 e. The standard InChI is InChI=1S/C10H15N3O4S/c1-7-8(6-11-12-7)18(16,17)13-10(9(14)15)4-2-3-5-10/h6,13H,2-5H2,1H3,(H,11,12)(H,14,15). The monoisotopic (exact) mass is 273 g/mol. The quantitative estimate of drug-likeness (QED) is 0.734. The van der Waals surface area contributed by atoms with Crippen LogP contribution in [0.5, 0.6) is 0 Å². The van der Waals surface area contributed by atoms with Crippen LogP contribution in [0.25, 0.3) is 0 Å². The van der Waals surface area contributed by atoms with E-state index < -0.39 is 21.5 Å². The number of H-pyrrole nitrogens is 1. The summed E-state index contributed by atoms with van der Waals surface area (Å²) in [5, 5.41) is 15.4. The number of aryl methyl sites for hydroxylation is 1. The normalized spacial score (nSPS) is 18.9. The summed E-state index contributed by atoms with van der Waals surface area (Å²) in [6.07, 6.45) is 3.23. The average molecular weight is 273 g/mol. The van der Waals surface area contributed by atoms with Crippen LogP contribution in [0.3, 0.4) is 0 Å². The molecule has 0 saturated heterocycles. The van der Waals surface area contributed by atoms with Gasteiger partial charge in [0.2, 0.25) is 10.0 Å². The highest BCUT2D eigenvalue weighted by molar-refractivity contribution is 7.89. The van der Waals surface area contributed by atoms with Crippen molar-refractivity contribution in [1.82, 2.24) is 14.9 Å². The molecule has 0 bridgehead atoms. The minimum absolute atomic E-state index is 0.00461. The molecule has 1 aliphatic carbocycles. The highest BCUT2D eigenvalue weighted by atomic mass is 32.2. The molecular formula is C10H15N3O4S. The van der Waals surface area contributed by atoms with Crippen molar-refractivity contribution in [3.8, 4) is 0 Å². The van der Waals surface area contributed by atoms with E-state index in [1.54, 1.807) is 6.92 Å². The Morgan fingerprint density at radius 2 is 2.11 bits per heavy atom. The Bertz CT molecular complexity index is 557. The van der Waals surface area contributed by atoms with Crippen LogP contribution in [0.2, 0.25) is 0 Å². The fourth-order valence-corrected chi connectivity index (χ4v) is 3.82. The number of aliphatic carboxylic acids is 1. The summed E-state index contributed by atoms with van der Waals surface area (Å²) in [4.78, 5) is 11.3. The number of sulfonamides is 1. The number of aromatic amines is 1. The van der Waals surface area contributed by atoms with E-state index >= 15 is 0 Å². The maximum atomic E-state index is 12.1. The first-order valence-corrected chi connectivity index (χ1v) is 7.13. The van der Waals surface area contributed by atoms with Gasteiger partial charge in [-0.25, -0.2) is 8.42 Å². The third-order valence-corrected chi connectivity index (χ3v) is 4.92. The summed E-state index contributed by atoms with van der Waals surface area (Å²) in [5.74, 6) is -1.12. The van der Waals surface area contributed by atoms with E-state index in [1.807, 2.05) is 0 Å². The summed E-state index contributed by atoms with van der Waals surface area (Å²) >= 11 is 0. The topological polar surface area (TPSA) is 112 Å². The van der Waals surface area contributed by atoms with Crippen molar-refractivity contribution in [1.29, 1.82) is 0 Å². The first-order chi connectivity index (χ1) is 8.37.